The summed E-state index contributed by atoms with van der Waals surface area (Å²) in [6.45, 7) is 0. The van der Waals surface area contributed by atoms with E-state index in [-0.39, 0.29) is 40.9 Å². The maximum absolute atomic E-state index is 12.9. The molecule has 3 fully saturated rings. The van der Waals surface area contributed by atoms with Gasteiger partial charge in [0.15, 0.2) is 0 Å². The molecule has 2 saturated carbocycles. The topological polar surface area (TPSA) is 37.4 Å². The number of rotatable bonds is 1. The van der Waals surface area contributed by atoms with E-state index in [4.69, 9.17) is 23.2 Å². The molecule has 1 saturated heterocycles. The lowest BCUT2D eigenvalue weighted by Crippen LogP contribution is -2.34. The normalized spacial score (nSPS) is 36.5. The van der Waals surface area contributed by atoms with Crippen molar-refractivity contribution in [3.8, 4) is 0 Å². The van der Waals surface area contributed by atoms with Crippen molar-refractivity contribution in [3.05, 3.63) is 40.4 Å². The first-order valence-electron chi connectivity index (χ1n) is 7.56. The van der Waals surface area contributed by atoms with E-state index in [0.717, 1.165) is 12.8 Å². The number of carbonyl (C=O) groups excluding carboxylic acids is 2. The molecule has 1 heterocycles. The molecule has 0 unspecified atom stereocenters. The zero-order valence-electron chi connectivity index (χ0n) is 11.6. The summed E-state index contributed by atoms with van der Waals surface area (Å²) in [6, 6.07) is 4.89. The van der Waals surface area contributed by atoms with Crippen molar-refractivity contribution in [2.24, 2.45) is 29.1 Å². The monoisotopic (exact) mass is 333 g/mol. The molecule has 1 aromatic rings. The zero-order chi connectivity index (χ0) is 15.2. The Morgan fingerprint density at radius 3 is 2.09 bits per heavy atom. The number of allylic oxidation sites excluding steroid dienone is 2. The van der Waals surface area contributed by atoms with Crippen molar-refractivity contribution in [1.82, 2.24) is 0 Å². The largest absolute Gasteiger partial charge is 0.274 e. The van der Waals surface area contributed by atoms with Crippen LogP contribution in [0.2, 0.25) is 10.0 Å². The molecule has 2 bridgehead atoms. The predicted molar refractivity (Wildman–Crippen MR) is 83.7 cm³/mol. The van der Waals surface area contributed by atoms with Crippen LogP contribution < -0.4 is 4.90 Å². The quantitative estimate of drug-likeness (QED) is 0.580. The van der Waals surface area contributed by atoms with Crippen LogP contribution in [0.1, 0.15) is 12.8 Å². The number of hydrogen-bond acceptors (Lipinski definition) is 2. The van der Waals surface area contributed by atoms with E-state index in [1.165, 1.54) is 4.90 Å². The second-order valence-electron chi connectivity index (χ2n) is 6.83. The average Bonchev–Trinajstić information content (AvgIpc) is 3.07. The van der Waals surface area contributed by atoms with E-state index in [1.807, 2.05) is 0 Å². The highest BCUT2D eigenvalue weighted by atomic mass is 35.5. The maximum atomic E-state index is 12.9. The number of anilines is 1. The minimum Gasteiger partial charge on any atom is -0.274 e. The second-order valence-corrected chi connectivity index (χ2v) is 7.67. The van der Waals surface area contributed by atoms with E-state index in [2.05, 4.69) is 12.2 Å². The van der Waals surface area contributed by atoms with Crippen molar-refractivity contribution < 1.29 is 9.59 Å². The molecule has 2 amide bonds. The van der Waals surface area contributed by atoms with E-state index in [0.29, 0.717) is 15.7 Å². The third-order valence-electron chi connectivity index (χ3n) is 6.00. The summed E-state index contributed by atoms with van der Waals surface area (Å²) in [5, 5.41) is 0.835. The molecular formula is C17H13Cl2NO2. The Labute approximate surface area is 137 Å². The Hall–Kier alpha value is -1.32. The number of hydrogen-bond donors (Lipinski definition) is 0. The third kappa shape index (κ3) is 1.35. The lowest BCUT2D eigenvalue weighted by Gasteiger charge is -2.22. The minimum atomic E-state index is -0.197. The van der Waals surface area contributed by atoms with Crippen LogP contribution in [0.5, 0.6) is 0 Å². The van der Waals surface area contributed by atoms with Crippen molar-refractivity contribution in [2.75, 3.05) is 4.90 Å². The van der Waals surface area contributed by atoms with Crippen LogP contribution >= 0.6 is 23.2 Å². The van der Waals surface area contributed by atoms with Gasteiger partial charge < -0.3 is 0 Å². The molecule has 4 atom stereocenters. The standard InChI is InChI=1S/C17H13Cl2NO2/c18-8-1-4-12(11(19)7-8)20-15(21)13-9-2-3-10(14(13)16(20)22)17(9)5-6-17/h1-4,7,9-10,13-14H,5-6H2/t9-,10+,13-,14-/m0/s1. The lowest BCUT2D eigenvalue weighted by atomic mass is 9.85. The average molecular weight is 334 g/mol. The molecule has 1 aliphatic heterocycles. The van der Waals surface area contributed by atoms with Gasteiger partial charge in [-0.15, -0.1) is 0 Å². The van der Waals surface area contributed by atoms with Gasteiger partial charge in [-0.25, -0.2) is 4.90 Å². The van der Waals surface area contributed by atoms with Gasteiger partial charge in [-0.05, 0) is 48.3 Å². The van der Waals surface area contributed by atoms with E-state index in [9.17, 15) is 9.59 Å². The summed E-state index contributed by atoms with van der Waals surface area (Å²) in [5.41, 5.74) is 0.677. The summed E-state index contributed by atoms with van der Waals surface area (Å²) in [6.07, 6.45) is 6.61. The molecule has 0 aromatic heterocycles. The number of amides is 2. The maximum Gasteiger partial charge on any atom is 0.238 e. The smallest absolute Gasteiger partial charge is 0.238 e. The van der Waals surface area contributed by atoms with Crippen molar-refractivity contribution in [2.45, 2.75) is 12.8 Å². The van der Waals surface area contributed by atoms with Gasteiger partial charge in [0.2, 0.25) is 11.8 Å². The molecule has 3 aliphatic carbocycles. The molecule has 5 heteroatoms. The first-order valence-corrected chi connectivity index (χ1v) is 8.31. The molecular weight excluding hydrogens is 321 g/mol. The molecule has 112 valence electrons. The fourth-order valence-electron chi connectivity index (χ4n) is 4.98. The second kappa shape index (κ2) is 3.95. The Kier molecular flexibility index (Phi) is 2.36. The van der Waals surface area contributed by atoms with Crippen LogP contribution in [-0.2, 0) is 9.59 Å². The van der Waals surface area contributed by atoms with Crippen molar-refractivity contribution >= 4 is 40.7 Å². The lowest BCUT2D eigenvalue weighted by molar-refractivity contribution is -0.123. The first-order chi connectivity index (χ1) is 10.5. The van der Waals surface area contributed by atoms with Crippen LogP contribution in [0.3, 0.4) is 0 Å². The predicted octanol–water partition coefficient (Wildman–Crippen LogP) is 3.70. The molecule has 0 N–H and O–H groups in total. The third-order valence-corrected chi connectivity index (χ3v) is 6.54. The van der Waals surface area contributed by atoms with Crippen LogP contribution in [-0.4, -0.2) is 11.8 Å². The van der Waals surface area contributed by atoms with E-state index in [1.54, 1.807) is 18.2 Å². The van der Waals surface area contributed by atoms with Gasteiger partial charge in [-0.3, -0.25) is 9.59 Å². The van der Waals surface area contributed by atoms with Crippen LogP contribution in [0.25, 0.3) is 0 Å². The van der Waals surface area contributed by atoms with Gasteiger partial charge in [0.1, 0.15) is 0 Å². The molecule has 22 heavy (non-hydrogen) atoms. The number of halogens is 2. The zero-order valence-corrected chi connectivity index (χ0v) is 13.1. The number of nitrogens with zero attached hydrogens (tertiary/aromatic N) is 1. The highest BCUT2D eigenvalue weighted by molar-refractivity contribution is 6.38. The van der Waals surface area contributed by atoms with Gasteiger partial charge in [0.25, 0.3) is 0 Å². The number of fused-ring (bicyclic) bond motifs is 3. The van der Waals surface area contributed by atoms with Gasteiger partial charge in [-0.1, -0.05) is 35.4 Å². The molecule has 1 aromatic carbocycles. The molecule has 4 aliphatic rings. The summed E-state index contributed by atoms with van der Waals surface area (Å²) in [7, 11) is 0. The Morgan fingerprint density at radius 2 is 1.59 bits per heavy atom. The Bertz CT molecular complexity index is 734. The fourth-order valence-corrected chi connectivity index (χ4v) is 5.47. The fraction of sp³-hybridized carbons (Fsp3) is 0.412. The SMILES string of the molecule is O=C1[C@@H]2[C@@H](C(=O)N1c1ccc(Cl)cc1Cl)[C@@H]1C=C[C@H]2C12CC2. The van der Waals surface area contributed by atoms with Crippen molar-refractivity contribution in [3.63, 3.8) is 0 Å². The Balaban J connectivity index is 1.59. The summed E-state index contributed by atoms with van der Waals surface area (Å²) in [5.74, 6) is -0.122. The van der Waals surface area contributed by atoms with E-state index < -0.39 is 0 Å². The van der Waals surface area contributed by atoms with Gasteiger partial charge in [0.05, 0.1) is 22.5 Å². The number of carbonyl (C=O) groups is 2. The first kappa shape index (κ1) is 13.1. The van der Waals surface area contributed by atoms with Gasteiger partial charge >= 0.3 is 0 Å². The van der Waals surface area contributed by atoms with Crippen LogP contribution in [0.15, 0.2) is 30.4 Å². The molecule has 0 radical (unpaired) electrons. The van der Waals surface area contributed by atoms with Gasteiger partial charge in [-0.2, -0.15) is 0 Å². The highest BCUT2D eigenvalue weighted by Crippen LogP contribution is 2.73. The molecule has 3 nitrogen and oxygen atoms in total. The molecule has 1 spiro atoms. The highest BCUT2D eigenvalue weighted by Gasteiger charge is 2.73. The van der Waals surface area contributed by atoms with Crippen LogP contribution in [0, 0.1) is 29.1 Å². The minimum absolute atomic E-state index is 0.0950. The number of benzene rings is 1. The summed E-state index contributed by atoms with van der Waals surface area (Å²) >= 11 is 12.1. The van der Waals surface area contributed by atoms with Crippen molar-refractivity contribution in [1.29, 1.82) is 0 Å². The summed E-state index contributed by atoms with van der Waals surface area (Å²) in [4.78, 5) is 27.1. The van der Waals surface area contributed by atoms with E-state index >= 15 is 0 Å². The summed E-state index contributed by atoms with van der Waals surface area (Å²) < 4.78 is 0. The van der Waals surface area contributed by atoms with Gasteiger partial charge in [0, 0.05) is 5.02 Å². The van der Waals surface area contributed by atoms with Crippen LogP contribution in [0.4, 0.5) is 5.69 Å². The Morgan fingerprint density at radius 1 is 1.00 bits per heavy atom. The number of imide groups is 1. The molecule has 5 rings (SSSR count).